The first kappa shape index (κ1) is 19.9. The monoisotopic (exact) mass is 393 g/mol. The summed E-state index contributed by atoms with van der Waals surface area (Å²) >= 11 is 0. The number of halogens is 2. The minimum absolute atomic E-state index is 0.0690. The van der Waals surface area contributed by atoms with E-state index in [4.69, 9.17) is 0 Å². The first-order valence-electron chi connectivity index (χ1n) is 8.71. The summed E-state index contributed by atoms with van der Waals surface area (Å²) in [6.07, 6.45) is 0. The summed E-state index contributed by atoms with van der Waals surface area (Å²) in [5.74, 6) is -2.51. The highest BCUT2D eigenvalue weighted by atomic mass is 19.1. The molecular formula is C22H17F2N3O2. The van der Waals surface area contributed by atoms with Crippen LogP contribution in [0.25, 0.3) is 0 Å². The highest BCUT2D eigenvalue weighted by Crippen LogP contribution is 2.15. The summed E-state index contributed by atoms with van der Waals surface area (Å²) in [6.45, 7) is 1.65. The fourth-order valence-corrected chi connectivity index (χ4v) is 2.57. The van der Waals surface area contributed by atoms with Gasteiger partial charge in [0.2, 0.25) is 0 Å². The number of amides is 2. The van der Waals surface area contributed by atoms with Gasteiger partial charge in [0.15, 0.2) is 0 Å². The molecule has 0 unspecified atom stereocenters. The molecule has 2 N–H and O–H groups in total. The minimum atomic E-state index is -0.675. The first-order valence-corrected chi connectivity index (χ1v) is 8.71. The van der Waals surface area contributed by atoms with Crippen molar-refractivity contribution >= 4 is 23.2 Å². The van der Waals surface area contributed by atoms with Crippen LogP contribution >= 0.6 is 0 Å². The van der Waals surface area contributed by atoms with Gasteiger partial charge in [0.1, 0.15) is 11.6 Å². The van der Waals surface area contributed by atoms with E-state index in [1.807, 2.05) is 0 Å². The van der Waals surface area contributed by atoms with Crippen LogP contribution < -0.4 is 10.7 Å². The Morgan fingerprint density at radius 2 is 1.38 bits per heavy atom. The van der Waals surface area contributed by atoms with Crippen LogP contribution in [0.2, 0.25) is 0 Å². The van der Waals surface area contributed by atoms with Crippen LogP contribution in [0.15, 0.2) is 77.9 Å². The van der Waals surface area contributed by atoms with Gasteiger partial charge < -0.3 is 5.32 Å². The standard InChI is InChI=1S/C22H17F2N3O2/c1-14(26-27-22(29)18-10-3-5-12-20(18)24)15-7-6-8-16(13-15)25-21(28)17-9-2-4-11-19(17)23/h2-13H,1H3,(H,25,28)(H,27,29)/b26-14+. The fourth-order valence-electron chi connectivity index (χ4n) is 2.57. The van der Waals surface area contributed by atoms with E-state index in [9.17, 15) is 18.4 Å². The normalized spacial score (nSPS) is 11.1. The molecule has 3 aromatic carbocycles. The summed E-state index contributed by atoms with van der Waals surface area (Å²) in [4.78, 5) is 24.3. The highest BCUT2D eigenvalue weighted by molar-refractivity contribution is 6.06. The first-order chi connectivity index (χ1) is 14.0. The Hall–Kier alpha value is -3.87. The predicted molar refractivity (Wildman–Crippen MR) is 107 cm³/mol. The van der Waals surface area contributed by atoms with E-state index in [1.165, 1.54) is 36.4 Å². The number of hydrogen-bond donors (Lipinski definition) is 2. The fraction of sp³-hybridized carbons (Fsp3) is 0.0455. The molecule has 0 fully saturated rings. The molecule has 7 heteroatoms. The highest BCUT2D eigenvalue weighted by Gasteiger charge is 2.12. The van der Waals surface area contributed by atoms with Crippen LogP contribution in [0, 0.1) is 11.6 Å². The van der Waals surface area contributed by atoms with Crippen LogP contribution in [0.4, 0.5) is 14.5 Å². The van der Waals surface area contributed by atoms with Crippen molar-refractivity contribution < 1.29 is 18.4 Å². The number of anilines is 1. The van der Waals surface area contributed by atoms with Gasteiger partial charge in [-0.1, -0.05) is 36.4 Å². The van der Waals surface area contributed by atoms with Gasteiger partial charge >= 0.3 is 0 Å². The van der Waals surface area contributed by atoms with Gasteiger partial charge in [0, 0.05) is 5.69 Å². The number of hydrogen-bond acceptors (Lipinski definition) is 3. The van der Waals surface area contributed by atoms with Crippen LogP contribution in [0.3, 0.4) is 0 Å². The number of nitrogens with one attached hydrogen (secondary N) is 2. The molecule has 0 radical (unpaired) electrons. The summed E-state index contributed by atoms with van der Waals surface area (Å²) < 4.78 is 27.4. The van der Waals surface area contributed by atoms with Gasteiger partial charge in [-0.2, -0.15) is 5.10 Å². The molecule has 146 valence electrons. The van der Waals surface area contributed by atoms with Crippen LogP contribution in [0.1, 0.15) is 33.2 Å². The molecule has 0 aliphatic heterocycles. The Morgan fingerprint density at radius 3 is 2.00 bits per heavy atom. The third-order valence-electron chi connectivity index (χ3n) is 4.10. The molecule has 0 bridgehead atoms. The van der Waals surface area contributed by atoms with Gasteiger partial charge in [0.05, 0.1) is 16.8 Å². The molecule has 0 atom stereocenters. The Balaban J connectivity index is 1.72. The second kappa shape index (κ2) is 8.88. The number of carbonyl (C=O) groups excluding carboxylic acids is 2. The molecule has 0 aliphatic rings. The van der Waals surface area contributed by atoms with E-state index in [0.29, 0.717) is 17.0 Å². The maximum atomic E-state index is 13.7. The molecule has 0 spiro atoms. The summed E-state index contributed by atoms with van der Waals surface area (Å²) in [5.41, 5.74) is 3.61. The quantitative estimate of drug-likeness (QED) is 0.499. The van der Waals surface area contributed by atoms with Crippen molar-refractivity contribution in [2.75, 3.05) is 5.32 Å². The molecule has 0 saturated carbocycles. The third kappa shape index (κ3) is 4.90. The SMILES string of the molecule is C/C(=N\NC(=O)c1ccccc1F)c1cccc(NC(=O)c2ccccc2F)c1. The number of benzene rings is 3. The molecule has 0 heterocycles. The second-order valence-corrected chi connectivity index (χ2v) is 6.13. The van der Waals surface area contributed by atoms with Gasteiger partial charge in [-0.3, -0.25) is 9.59 Å². The van der Waals surface area contributed by atoms with Gasteiger partial charge in [-0.05, 0) is 48.9 Å². The van der Waals surface area contributed by atoms with E-state index in [1.54, 1.807) is 43.3 Å². The van der Waals surface area contributed by atoms with Crippen molar-refractivity contribution in [3.05, 3.63) is 101 Å². The van der Waals surface area contributed by atoms with Crippen molar-refractivity contribution in [3.63, 3.8) is 0 Å². The maximum Gasteiger partial charge on any atom is 0.274 e. The number of rotatable bonds is 5. The molecule has 0 saturated heterocycles. The van der Waals surface area contributed by atoms with Crippen LogP contribution in [-0.2, 0) is 0 Å². The molecule has 0 aromatic heterocycles. The Labute approximate surface area is 166 Å². The predicted octanol–water partition coefficient (Wildman–Crippen LogP) is 4.37. The zero-order valence-electron chi connectivity index (χ0n) is 15.4. The van der Waals surface area contributed by atoms with Crippen molar-refractivity contribution in [1.29, 1.82) is 0 Å². The number of nitrogens with zero attached hydrogens (tertiary/aromatic N) is 1. The summed E-state index contributed by atoms with van der Waals surface area (Å²) in [5, 5.41) is 6.60. The molecule has 3 rings (SSSR count). The average Bonchev–Trinajstić information content (AvgIpc) is 2.72. The van der Waals surface area contributed by atoms with Gasteiger partial charge in [0.25, 0.3) is 11.8 Å². The third-order valence-corrected chi connectivity index (χ3v) is 4.10. The van der Waals surface area contributed by atoms with E-state index in [2.05, 4.69) is 15.8 Å². The summed E-state index contributed by atoms with van der Waals surface area (Å²) in [7, 11) is 0. The lowest BCUT2D eigenvalue weighted by Gasteiger charge is -2.08. The molecule has 5 nitrogen and oxygen atoms in total. The van der Waals surface area contributed by atoms with E-state index in [0.717, 1.165) is 0 Å². The molecular weight excluding hydrogens is 376 g/mol. The minimum Gasteiger partial charge on any atom is -0.322 e. The number of hydrazone groups is 1. The largest absolute Gasteiger partial charge is 0.322 e. The van der Waals surface area contributed by atoms with Crippen molar-refractivity contribution in [1.82, 2.24) is 5.43 Å². The lowest BCUT2D eigenvalue weighted by atomic mass is 10.1. The maximum absolute atomic E-state index is 13.7. The van der Waals surface area contributed by atoms with E-state index >= 15 is 0 Å². The Kier molecular flexibility index (Phi) is 6.09. The lowest BCUT2D eigenvalue weighted by Crippen LogP contribution is -2.20. The van der Waals surface area contributed by atoms with E-state index < -0.39 is 23.4 Å². The van der Waals surface area contributed by atoms with Gasteiger partial charge in [-0.15, -0.1) is 0 Å². The van der Waals surface area contributed by atoms with Crippen LogP contribution in [0.5, 0.6) is 0 Å². The molecule has 29 heavy (non-hydrogen) atoms. The zero-order chi connectivity index (χ0) is 20.8. The molecule has 2 amide bonds. The van der Waals surface area contributed by atoms with Crippen molar-refractivity contribution in [2.24, 2.45) is 5.10 Å². The van der Waals surface area contributed by atoms with Crippen molar-refractivity contribution in [3.8, 4) is 0 Å². The molecule has 3 aromatic rings. The lowest BCUT2D eigenvalue weighted by molar-refractivity contribution is 0.0950. The number of carbonyl (C=O) groups is 2. The van der Waals surface area contributed by atoms with E-state index in [-0.39, 0.29) is 11.1 Å². The second-order valence-electron chi connectivity index (χ2n) is 6.13. The van der Waals surface area contributed by atoms with Crippen LogP contribution in [-0.4, -0.2) is 17.5 Å². The zero-order valence-corrected chi connectivity index (χ0v) is 15.4. The van der Waals surface area contributed by atoms with Gasteiger partial charge in [-0.25, -0.2) is 14.2 Å². The average molecular weight is 393 g/mol. The topological polar surface area (TPSA) is 70.6 Å². The molecule has 0 aliphatic carbocycles. The van der Waals surface area contributed by atoms with Crippen molar-refractivity contribution in [2.45, 2.75) is 6.92 Å². The Morgan fingerprint density at radius 1 is 0.793 bits per heavy atom. The Bertz CT molecular complexity index is 1100. The smallest absolute Gasteiger partial charge is 0.274 e. The summed E-state index contributed by atoms with van der Waals surface area (Å²) in [6, 6.07) is 17.9.